The van der Waals surface area contributed by atoms with Gasteiger partial charge in [0.1, 0.15) is 0 Å². The Labute approximate surface area is 337 Å². The average molecular weight is 778 g/mol. The lowest BCUT2D eigenvalue weighted by atomic mass is 10.1. The molecule has 10 aromatic heterocycles. The second kappa shape index (κ2) is 11.8. The molecule has 60 heavy (non-hydrogen) atoms. The highest BCUT2D eigenvalue weighted by molar-refractivity contribution is 6.23. The Bertz CT molecular complexity index is 3590. The molecule has 0 saturated heterocycles. The SMILES string of the molecule is Cn1c(-c2nc(-c3nc4c5cccnc5c5ncccc5c4n3C)nc(-c3nc4c5cccnc5c5ncccc5c4n3C)n2)nc2c3cccnc3c3ncccc3c21. The van der Waals surface area contributed by atoms with Crippen molar-refractivity contribution in [2.24, 2.45) is 21.1 Å². The van der Waals surface area contributed by atoms with Crippen molar-refractivity contribution in [3.63, 3.8) is 0 Å². The molecule has 0 radical (unpaired) electrons. The predicted molar refractivity (Wildman–Crippen MR) is 231 cm³/mol. The number of nitrogens with zero attached hydrogens (tertiary/aromatic N) is 15. The lowest BCUT2D eigenvalue weighted by molar-refractivity contribution is 0.890. The number of pyridine rings is 6. The van der Waals surface area contributed by atoms with E-state index in [0.717, 1.165) is 98.5 Å². The van der Waals surface area contributed by atoms with Crippen molar-refractivity contribution in [2.75, 3.05) is 0 Å². The molecule has 13 rings (SSSR count). The zero-order valence-corrected chi connectivity index (χ0v) is 32.1. The number of aryl methyl sites for hydroxylation is 3. The summed E-state index contributed by atoms with van der Waals surface area (Å²) in [5.41, 5.74) is 9.64. The van der Waals surface area contributed by atoms with Crippen molar-refractivity contribution in [3.8, 4) is 34.9 Å². The van der Waals surface area contributed by atoms with Crippen LogP contribution in [0.4, 0.5) is 0 Å². The predicted octanol–water partition coefficient (Wildman–Crippen LogP) is 7.82. The molecule has 0 spiro atoms. The normalized spacial score (nSPS) is 12.2. The molecule has 282 valence electrons. The van der Waals surface area contributed by atoms with Gasteiger partial charge in [0.05, 0.1) is 66.2 Å². The van der Waals surface area contributed by atoms with Crippen molar-refractivity contribution in [1.82, 2.24) is 73.5 Å². The minimum Gasteiger partial charge on any atom is -0.324 e. The summed E-state index contributed by atoms with van der Waals surface area (Å²) in [6, 6.07) is 23.7. The van der Waals surface area contributed by atoms with E-state index in [1.165, 1.54) is 0 Å². The van der Waals surface area contributed by atoms with Gasteiger partial charge in [-0.15, -0.1) is 0 Å². The van der Waals surface area contributed by atoms with Crippen LogP contribution in [0.25, 0.3) is 133 Å². The van der Waals surface area contributed by atoms with Crippen LogP contribution < -0.4 is 0 Å². The summed E-state index contributed by atoms with van der Waals surface area (Å²) < 4.78 is 6.07. The zero-order valence-electron chi connectivity index (χ0n) is 32.1. The monoisotopic (exact) mass is 777 g/mol. The summed E-state index contributed by atoms with van der Waals surface area (Å²) in [6.07, 6.45) is 10.7. The van der Waals surface area contributed by atoms with Crippen LogP contribution in [0.5, 0.6) is 0 Å². The number of imidazole rings is 3. The van der Waals surface area contributed by atoms with E-state index in [1.54, 1.807) is 37.2 Å². The maximum atomic E-state index is 5.28. The standard InChI is InChI=1S/C45H27N15/c1-58-37-25-13-7-19-49-31(25)28-22(10-4-16-46-28)34(37)52-43(58)40-55-41(44-53-35-23-11-5-17-47-29(23)32-26(14-8-20-50-32)38(35)59(44)2)57-42(56-40)45-54-36-24-12-6-18-48-30(24)33-27(15-9-21-51-33)39(36)60(45)3/h4-21H,1-3H3. The summed E-state index contributed by atoms with van der Waals surface area (Å²) >= 11 is 0. The Hall–Kier alpha value is -8.46. The fraction of sp³-hybridized carbons (Fsp3) is 0.0667. The highest BCUT2D eigenvalue weighted by atomic mass is 15.2. The van der Waals surface area contributed by atoms with Crippen LogP contribution in [0.2, 0.25) is 0 Å². The fourth-order valence-corrected chi connectivity index (χ4v) is 8.97. The molecular weight excluding hydrogens is 751 g/mol. The van der Waals surface area contributed by atoms with Gasteiger partial charge in [-0.3, -0.25) is 29.9 Å². The van der Waals surface area contributed by atoms with E-state index in [9.17, 15) is 0 Å². The Morgan fingerprint density at radius 2 is 0.517 bits per heavy atom. The molecule has 0 unspecified atom stereocenters. The molecule has 0 aliphatic carbocycles. The summed E-state index contributed by atoms with van der Waals surface area (Å²) in [6.45, 7) is 0. The number of rotatable bonds is 3. The van der Waals surface area contributed by atoms with Gasteiger partial charge >= 0.3 is 0 Å². The Morgan fingerprint density at radius 3 is 0.783 bits per heavy atom. The molecule has 13 aromatic rings. The third kappa shape index (κ3) is 4.26. The van der Waals surface area contributed by atoms with E-state index in [0.29, 0.717) is 34.9 Å². The first-order valence-electron chi connectivity index (χ1n) is 19.2. The van der Waals surface area contributed by atoms with Crippen LogP contribution in [-0.2, 0) is 21.1 Å². The summed E-state index contributed by atoms with van der Waals surface area (Å²) in [5, 5.41) is 5.39. The van der Waals surface area contributed by atoms with Crippen molar-refractivity contribution in [2.45, 2.75) is 0 Å². The second-order valence-electron chi connectivity index (χ2n) is 14.8. The van der Waals surface area contributed by atoms with Crippen LogP contribution in [0.15, 0.2) is 110 Å². The molecule has 10 heterocycles. The third-order valence-corrected chi connectivity index (χ3v) is 11.6. The van der Waals surface area contributed by atoms with Gasteiger partial charge in [0.25, 0.3) is 0 Å². The summed E-state index contributed by atoms with van der Waals surface area (Å²) in [4.78, 5) is 59.9. The largest absolute Gasteiger partial charge is 0.324 e. The van der Waals surface area contributed by atoms with Gasteiger partial charge in [-0.1, -0.05) is 0 Å². The number of benzene rings is 3. The van der Waals surface area contributed by atoms with Gasteiger partial charge in [-0.2, -0.15) is 0 Å². The minimum absolute atomic E-state index is 0.345. The molecule has 0 saturated carbocycles. The molecular formula is C45H27N15. The van der Waals surface area contributed by atoms with E-state index in [2.05, 4.69) is 0 Å². The van der Waals surface area contributed by atoms with E-state index in [4.69, 9.17) is 59.8 Å². The van der Waals surface area contributed by atoms with Crippen LogP contribution in [-0.4, -0.2) is 73.5 Å². The first kappa shape index (κ1) is 32.6. The first-order chi connectivity index (χ1) is 29.5. The Morgan fingerprint density at radius 1 is 0.283 bits per heavy atom. The first-order valence-corrected chi connectivity index (χ1v) is 19.2. The number of hydrogen-bond donors (Lipinski definition) is 0. The van der Waals surface area contributed by atoms with Gasteiger partial charge in [0.2, 0.25) is 0 Å². The fourth-order valence-electron chi connectivity index (χ4n) is 8.97. The molecule has 0 N–H and O–H groups in total. The average Bonchev–Trinajstić information content (AvgIpc) is 3.97. The molecule has 3 aromatic carbocycles. The Kier molecular flexibility index (Phi) is 6.41. The quantitative estimate of drug-likeness (QED) is 0.160. The van der Waals surface area contributed by atoms with Crippen molar-refractivity contribution in [3.05, 3.63) is 110 Å². The van der Waals surface area contributed by atoms with Gasteiger partial charge in [0, 0.05) is 90.6 Å². The highest BCUT2D eigenvalue weighted by Crippen LogP contribution is 2.39. The second-order valence-corrected chi connectivity index (χ2v) is 14.8. The summed E-state index contributed by atoms with van der Waals surface area (Å²) in [7, 11) is 5.93. The van der Waals surface area contributed by atoms with Gasteiger partial charge < -0.3 is 13.7 Å². The van der Waals surface area contributed by atoms with Crippen molar-refractivity contribution < 1.29 is 0 Å². The molecule has 15 heteroatoms. The van der Waals surface area contributed by atoms with E-state index < -0.39 is 0 Å². The molecule has 0 atom stereocenters. The third-order valence-electron chi connectivity index (χ3n) is 11.6. The number of fused-ring (bicyclic) bond motifs is 18. The zero-order chi connectivity index (χ0) is 39.8. The smallest absolute Gasteiger partial charge is 0.200 e. The molecule has 0 fully saturated rings. The van der Waals surface area contributed by atoms with Crippen molar-refractivity contribution >= 4 is 98.5 Å². The highest BCUT2D eigenvalue weighted by Gasteiger charge is 2.27. The maximum absolute atomic E-state index is 5.28. The van der Waals surface area contributed by atoms with Crippen LogP contribution in [0.3, 0.4) is 0 Å². The number of aromatic nitrogens is 15. The lowest BCUT2D eigenvalue weighted by Gasteiger charge is -2.09. The minimum atomic E-state index is 0.345. The van der Waals surface area contributed by atoms with E-state index in [1.807, 2.05) is 108 Å². The molecule has 0 aliphatic heterocycles. The molecule has 0 aliphatic rings. The lowest BCUT2D eigenvalue weighted by Crippen LogP contribution is -2.07. The van der Waals surface area contributed by atoms with Crippen molar-refractivity contribution in [1.29, 1.82) is 0 Å². The summed E-state index contributed by atoms with van der Waals surface area (Å²) in [5.74, 6) is 2.63. The maximum Gasteiger partial charge on any atom is 0.200 e. The van der Waals surface area contributed by atoms with Gasteiger partial charge in [-0.05, 0) is 72.8 Å². The van der Waals surface area contributed by atoms with Gasteiger partial charge in [0.15, 0.2) is 34.9 Å². The molecule has 0 bridgehead atoms. The van der Waals surface area contributed by atoms with Crippen LogP contribution in [0, 0.1) is 0 Å². The van der Waals surface area contributed by atoms with E-state index >= 15 is 0 Å². The van der Waals surface area contributed by atoms with Crippen LogP contribution >= 0.6 is 0 Å². The topological polar surface area (TPSA) is 169 Å². The molecule has 15 nitrogen and oxygen atoms in total. The van der Waals surface area contributed by atoms with Crippen LogP contribution in [0.1, 0.15) is 0 Å². The number of hydrogen-bond acceptors (Lipinski definition) is 12. The molecule has 0 amide bonds. The Balaban J connectivity index is 1.15. The van der Waals surface area contributed by atoms with E-state index in [-0.39, 0.29) is 0 Å². The van der Waals surface area contributed by atoms with Gasteiger partial charge in [-0.25, -0.2) is 29.9 Å².